The number of nitrogens with one attached hydrogen (secondary N) is 2. The first-order valence-corrected chi connectivity index (χ1v) is 7.37. The third-order valence-electron chi connectivity index (χ3n) is 4.01. The molecule has 2 aromatic carbocycles. The molecule has 4 nitrogen and oxygen atoms in total. The zero-order valence-corrected chi connectivity index (χ0v) is 12.1. The van der Waals surface area contributed by atoms with E-state index in [1.54, 1.807) is 0 Å². The molecule has 1 saturated carbocycles. The van der Waals surface area contributed by atoms with Crippen molar-refractivity contribution in [2.24, 2.45) is 5.92 Å². The minimum absolute atomic E-state index is 0.00812. The topological polar surface area (TPSA) is 64.9 Å². The number of nitriles is 1. The molecule has 0 unspecified atom stereocenters. The Balaban J connectivity index is 1.64. The molecule has 0 atom stereocenters. The fourth-order valence-corrected chi connectivity index (χ4v) is 2.69. The van der Waals surface area contributed by atoms with Crippen LogP contribution < -0.4 is 10.6 Å². The summed E-state index contributed by atoms with van der Waals surface area (Å²) in [6, 6.07) is 18.1. The van der Waals surface area contributed by atoms with Gasteiger partial charge in [-0.2, -0.15) is 5.26 Å². The highest BCUT2D eigenvalue weighted by Gasteiger charge is 2.34. The summed E-state index contributed by atoms with van der Waals surface area (Å²) in [6.07, 6.45) is 3.36. The Morgan fingerprint density at radius 1 is 1.05 bits per heavy atom. The van der Waals surface area contributed by atoms with Gasteiger partial charge in [0.25, 0.3) is 0 Å². The number of anilines is 1. The number of hydrogen-bond donors (Lipinski definition) is 2. The lowest BCUT2D eigenvalue weighted by atomic mass is 9.79. The lowest BCUT2D eigenvalue weighted by molar-refractivity contribution is -0.122. The van der Waals surface area contributed by atoms with Crippen molar-refractivity contribution in [1.29, 1.82) is 5.26 Å². The van der Waals surface area contributed by atoms with Gasteiger partial charge in [-0.15, -0.1) is 0 Å². The molecule has 22 heavy (non-hydrogen) atoms. The van der Waals surface area contributed by atoms with Crippen molar-refractivity contribution in [3.8, 4) is 17.3 Å². The van der Waals surface area contributed by atoms with Crippen molar-refractivity contribution in [3.05, 3.63) is 54.6 Å². The van der Waals surface area contributed by atoms with E-state index in [1.807, 2.05) is 60.8 Å². The van der Waals surface area contributed by atoms with Crippen LogP contribution >= 0.6 is 0 Å². The largest absolute Gasteiger partial charge is 0.326 e. The molecule has 0 spiro atoms. The predicted octanol–water partition coefficient (Wildman–Crippen LogP) is 3.14. The van der Waals surface area contributed by atoms with Gasteiger partial charge in [0.15, 0.2) is 6.19 Å². The zero-order valence-electron chi connectivity index (χ0n) is 12.1. The Bertz CT molecular complexity index is 700. The Kier molecular flexibility index (Phi) is 4.06. The molecule has 0 heterocycles. The molecular weight excluding hydrogens is 274 g/mol. The van der Waals surface area contributed by atoms with Crippen molar-refractivity contribution >= 4 is 11.6 Å². The molecule has 0 aromatic heterocycles. The summed E-state index contributed by atoms with van der Waals surface area (Å²) in [7, 11) is 0. The van der Waals surface area contributed by atoms with Gasteiger partial charge >= 0.3 is 0 Å². The molecule has 4 heteroatoms. The maximum absolute atomic E-state index is 12.2. The number of carbonyl (C=O) groups excluding carboxylic acids is 1. The summed E-state index contributed by atoms with van der Waals surface area (Å²) in [4.78, 5) is 12.2. The Morgan fingerprint density at radius 3 is 2.50 bits per heavy atom. The first-order chi connectivity index (χ1) is 10.8. The first-order valence-electron chi connectivity index (χ1n) is 7.37. The lowest BCUT2D eigenvalue weighted by Crippen LogP contribution is -2.44. The molecule has 2 N–H and O–H groups in total. The highest BCUT2D eigenvalue weighted by Crippen LogP contribution is 2.29. The van der Waals surface area contributed by atoms with Crippen LogP contribution in [0.25, 0.3) is 11.1 Å². The maximum Gasteiger partial charge on any atom is 0.227 e. The van der Waals surface area contributed by atoms with Gasteiger partial charge in [0.1, 0.15) is 0 Å². The van der Waals surface area contributed by atoms with Gasteiger partial charge in [-0.05, 0) is 36.1 Å². The van der Waals surface area contributed by atoms with E-state index >= 15 is 0 Å². The second-order valence-electron chi connectivity index (χ2n) is 5.56. The molecule has 1 aliphatic rings. The van der Waals surface area contributed by atoms with Crippen molar-refractivity contribution in [2.75, 3.05) is 5.32 Å². The van der Waals surface area contributed by atoms with Crippen LogP contribution in [0.15, 0.2) is 54.6 Å². The monoisotopic (exact) mass is 291 g/mol. The minimum Gasteiger partial charge on any atom is -0.326 e. The van der Waals surface area contributed by atoms with E-state index in [9.17, 15) is 4.79 Å². The first kappa shape index (κ1) is 14.2. The van der Waals surface area contributed by atoms with E-state index in [2.05, 4.69) is 10.6 Å². The molecule has 0 aliphatic heterocycles. The lowest BCUT2D eigenvalue weighted by Gasteiger charge is -2.32. The summed E-state index contributed by atoms with van der Waals surface area (Å²) in [6.45, 7) is 0. The van der Waals surface area contributed by atoms with Crippen LogP contribution in [0.4, 0.5) is 5.69 Å². The SMILES string of the molecule is N#CNC1CC(C(=O)Nc2cccc(-c3ccccc3)c2)C1. The highest BCUT2D eigenvalue weighted by atomic mass is 16.1. The standard InChI is InChI=1S/C18H17N3O/c19-12-20-17-10-15(11-17)18(22)21-16-8-4-7-14(9-16)13-5-2-1-3-6-13/h1-9,15,17,20H,10-11H2,(H,21,22). The molecule has 110 valence electrons. The second-order valence-corrected chi connectivity index (χ2v) is 5.56. The fraction of sp³-hybridized carbons (Fsp3) is 0.222. The molecule has 1 fully saturated rings. The third kappa shape index (κ3) is 3.09. The summed E-state index contributed by atoms with van der Waals surface area (Å²) in [5.74, 6) is 0.0208. The van der Waals surface area contributed by atoms with E-state index < -0.39 is 0 Å². The number of nitrogens with zero attached hydrogens (tertiary/aromatic N) is 1. The molecule has 0 radical (unpaired) electrons. The quantitative estimate of drug-likeness (QED) is 0.672. The molecule has 1 amide bonds. The molecule has 3 rings (SSSR count). The van der Waals surface area contributed by atoms with Gasteiger partial charge in [-0.3, -0.25) is 4.79 Å². The summed E-state index contributed by atoms with van der Waals surface area (Å²) in [5, 5.41) is 14.2. The van der Waals surface area contributed by atoms with Crippen LogP contribution in [0.5, 0.6) is 0 Å². The van der Waals surface area contributed by atoms with Crippen LogP contribution in [-0.2, 0) is 4.79 Å². The van der Waals surface area contributed by atoms with Crippen molar-refractivity contribution in [1.82, 2.24) is 5.32 Å². The van der Waals surface area contributed by atoms with Crippen LogP contribution in [0.3, 0.4) is 0 Å². The van der Waals surface area contributed by atoms with Crippen LogP contribution in [0, 0.1) is 17.4 Å². The van der Waals surface area contributed by atoms with E-state index in [0.29, 0.717) is 0 Å². The summed E-state index contributed by atoms with van der Waals surface area (Å²) in [5.41, 5.74) is 3.01. The van der Waals surface area contributed by atoms with Crippen molar-refractivity contribution in [2.45, 2.75) is 18.9 Å². The highest BCUT2D eigenvalue weighted by molar-refractivity contribution is 5.93. The Morgan fingerprint density at radius 2 is 1.77 bits per heavy atom. The van der Waals surface area contributed by atoms with Gasteiger partial charge in [-0.25, -0.2) is 0 Å². The van der Waals surface area contributed by atoms with Gasteiger partial charge < -0.3 is 10.6 Å². The molecule has 0 bridgehead atoms. The number of hydrogen-bond acceptors (Lipinski definition) is 3. The number of amides is 1. The normalized spacial score (nSPS) is 19.6. The Labute approximate surface area is 129 Å². The van der Waals surface area contributed by atoms with Gasteiger partial charge in [0, 0.05) is 17.6 Å². The summed E-state index contributed by atoms with van der Waals surface area (Å²) < 4.78 is 0. The van der Waals surface area contributed by atoms with E-state index in [1.165, 1.54) is 0 Å². The zero-order chi connectivity index (χ0) is 15.4. The number of carbonyl (C=O) groups is 1. The number of rotatable bonds is 4. The number of benzene rings is 2. The smallest absolute Gasteiger partial charge is 0.227 e. The fourth-order valence-electron chi connectivity index (χ4n) is 2.69. The minimum atomic E-state index is -0.00812. The average molecular weight is 291 g/mol. The summed E-state index contributed by atoms with van der Waals surface area (Å²) >= 11 is 0. The van der Waals surface area contributed by atoms with Crippen molar-refractivity contribution in [3.63, 3.8) is 0 Å². The van der Waals surface area contributed by atoms with Gasteiger partial charge in [-0.1, -0.05) is 42.5 Å². The van der Waals surface area contributed by atoms with E-state index in [0.717, 1.165) is 29.7 Å². The van der Waals surface area contributed by atoms with Crippen LogP contribution in [-0.4, -0.2) is 11.9 Å². The maximum atomic E-state index is 12.2. The second kappa shape index (κ2) is 6.31. The van der Waals surface area contributed by atoms with E-state index in [-0.39, 0.29) is 17.9 Å². The average Bonchev–Trinajstić information content (AvgIpc) is 2.51. The van der Waals surface area contributed by atoms with Crippen LogP contribution in [0.2, 0.25) is 0 Å². The van der Waals surface area contributed by atoms with Gasteiger partial charge in [0.05, 0.1) is 0 Å². The third-order valence-corrected chi connectivity index (χ3v) is 4.01. The molecule has 1 aliphatic carbocycles. The Hall–Kier alpha value is -2.80. The predicted molar refractivity (Wildman–Crippen MR) is 85.8 cm³/mol. The molecular formula is C18H17N3O. The van der Waals surface area contributed by atoms with Crippen molar-refractivity contribution < 1.29 is 4.79 Å². The molecule has 0 saturated heterocycles. The molecule has 2 aromatic rings. The van der Waals surface area contributed by atoms with E-state index in [4.69, 9.17) is 5.26 Å². The van der Waals surface area contributed by atoms with Gasteiger partial charge in [0.2, 0.25) is 5.91 Å². The van der Waals surface area contributed by atoms with Crippen LogP contribution in [0.1, 0.15) is 12.8 Å².